The summed E-state index contributed by atoms with van der Waals surface area (Å²) in [5, 5.41) is 16.6. The minimum absolute atomic E-state index is 0.105. The van der Waals surface area contributed by atoms with Crippen molar-refractivity contribution < 1.29 is 14.7 Å². The topological polar surface area (TPSA) is 97.1 Å². The molecule has 2 aliphatic carbocycles. The van der Waals surface area contributed by atoms with Crippen molar-refractivity contribution in [2.24, 2.45) is 5.92 Å². The summed E-state index contributed by atoms with van der Waals surface area (Å²) in [7, 11) is 0. The fourth-order valence-electron chi connectivity index (χ4n) is 3.55. The monoisotopic (exact) mass is 340 g/mol. The van der Waals surface area contributed by atoms with Gasteiger partial charge in [0, 0.05) is 28.8 Å². The van der Waals surface area contributed by atoms with E-state index in [1.807, 2.05) is 20.8 Å². The Morgan fingerprint density at radius 1 is 1.36 bits per heavy atom. The largest absolute Gasteiger partial charge is 0.476 e. The SMILES string of the molecule is CC(C)(C)NC(=O)c1ccnc(-n2nc(C(=O)O)c3c2[C@@H]2C[C@@H]2C3)c1. The molecule has 7 nitrogen and oxygen atoms in total. The van der Waals surface area contributed by atoms with Gasteiger partial charge >= 0.3 is 5.97 Å². The van der Waals surface area contributed by atoms with Gasteiger partial charge in [0.05, 0.1) is 5.69 Å². The van der Waals surface area contributed by atoms with E-state index in [0.29, 0.717) is 23.2 Å². The first-order valence-corrected chi connectivity index (χ1v) is 8.38. The van der Waals surface area contributed by atoms with E-state index in [9.17, 15) is 14.7 Å². The van der Waals surface area contributed by atoms with Gasteiger partial charge in [-0.2, -0.15) is 5.10 Å². The Balaban J connectivity index is 1.74. The number of aromatic nitrogens is 3. The van der Waals surface area contributed by atoms with Crippen LogP contribution in [-0.4, -0.2) is 37.3 Å². The first kappa shape index (κ1) is 15.8. The second-order valence-corrected chi connectivity index (χ2v) is 7.84. The molecule has 2 aromatic rings. The number of carbonyl (C=O) groups is 2. The fraction of sp³-hybridized carbons (Fsp3) is 0.444. The Labute approximate surface area is 145 Å². The normalized spacial score (nSPS) is 20.8. The third-order valence-electron chi connectivity index (χ3n) is 4.68. The van der Waals surface area contributed by atoms with E-state index >= 15 is 0 Å². The van der Waals surface area contributed by atoms with Gasteiger partial charge in [0.15, 0.2) is 11.5 Å². The fourth-order valence-corrected chi connectivity index (χ4v) is 3.55. The number of nitrogens with one attached hydrogen (secondary N) is 1. The van der Waals surface area contributed by atoms with Crippen LogP contribution in [0.1, 0.15) is 65.2 Å². The Kier molecular flexibility index (Phi) is 3.25. The third kappa shape index (κ3) is 2.69. The molecule has 4 rings (SSSR count). The van der Waals surface area contributed by atoms with Crippen LogP contribution in [0.4, 0.5) is 0 Å². The number of nitrogens with zero attached hydrogens (tertiary/aromatic N) is 3. The highest BCUT2D eigenvalue weighted by molar-refractivity contribution is 5.95. The predicted molar refractivity (Wildman–Crippen MR) is 90.1 cm³/mol. The number of carboxylic acid groups (broad SMARTS) is 1. The van der Waals surface area contributed by atoms with Crippen LogP contribution in [-0.2, 0) is 6.42 Å². The average Bonchev–Trinajstić information content (AvgIpc) is 3.01. The molecule has 2 aromatic heterocycles. The van der Waals surface area contributed by atoms with E-state index in [1.54, 1.807) is 23.0 Å². The molecule has 1 amide bonds. The summed E-state index contributed by atoms with van der Waals surface area (Å²) >= 11 is 0. The van der Waals surface area contributed by atoms with Gasteiger partial charge in [-0.1, -0.05) is 0 Å². The molecular weight excluding hydrogens is 320 g/mol. The number of hydrogen-bond donors (Lipinski definition) is 2. The Hall–Kier alpha value is -2.70. The van der Waals surface area contributed by atoms with Gasteiger partial charge in [-0.3, -0.25) is 4.79 Å². The van der Waals surface area contributed by atoms with Gasteiger partial charge < -0.3 is 10.4 Å². The molecule has 130 valence electrons. The van der Waals surface area contributed by atoms with Gasteiger partial charge in [0.1, 0.15) is 0 Å². The van der Waals surface area contributed by atoms with Crippen molar-refractivity contribution in [3.63, 3.8) is 0 Å². The second-order valence-electron chi connectivity index (χ2n) is 7.84. The maximum absolute atomic E-state index is 12.4. The van der Waals surface area contributed by atoms with E-state index in [0.717, 1.165) is 24.1 Å². The molecule has 0 unspecified atom stereocenters. The smallest absolute Gasteiger partial charge is 0.356 e. The van der Waals surface area contributed by atoms with Crippen LogP contribution < -0.4 is 5.32 Å². The van der Waals surface area contributed by atoms with Crippen LogP contribution in [0.5, 0.6) is 0 Å². The van der Waals surface area contributed by atoms with Crippen molar-refractivity contribution in [1.29, 1.82) is 0 Å². The lowest BCUT2D eigenvalue weighted by Crippen LogP contribution is -2.40. The van der Waals surface area contributed by atoms with Gasteiger partial charge in [-0.05, 0) is 51.7 Å². The summed E-state index contributed by atoms with van der Waals surface area (Å²) in [6.07, 6.45) is 3.40. The van der Waals surface area contributed by atoms with Gasteiger partial charge in [0.25, 0.3) is 5.91 Å². The molecular formula is C18H20N4O3. The van der Waals surface area contributed by atoms with Crippen LogP contribution in [0.3, 0.4) is 0 Å². The van der Waals surface area contributed by atoms with Crippen LogP contribution in [0.15, 0.2) is 18.3 Å². The first-order chi connectivity index (χ1) is 11.7. The highest BCUT2D eigenvalue weighted by Crippen LogP contribution is 2.57. The van der Waals surface area contributed by atoms with E-state index in [2.05, 4.69) is 15.4 Å². The highest BCUT2D eigenvalue weighted by Gasteiger charge is 2.50. The molecule has 1 fully saturated rings. The van der Waals surface area contributed by atoms with Crippen molar-refractivity contribution >= 4 is 11.9 Å². The van der Waals surface area contributed by atoms with Crippen LogP contribution in [0.2, 0.25) is 0 Å². The summed E-state index contributed by atoms with van der Waals surface area (Å²) in [5.74, 6) is 0.174. The minimum Gasteiger partial charge on any atom is -0.476 e. The van der Waals surface area contributed by atoms with Crippen molar-refractivity contribution in [1.82, 2.24) is 20.1 Å². The third-order valence-corrected chi connectivity index (χ3v) is 4.68. The molecule has 0 aromatic carbocycles. The molecule has 0 bridgehead atoms. The van der Waals surface area contributed by atoms with E-state index in [-0.39, 0.29) is 17.1 Å². The maximum atomic E-state index is 12.4. The van der Waals surface area contributed by atoms with Crippen molar-refractivity contribution in [2.45, 2.75) is 45.1 Å². The lowest BCUT2D eigenvalue weighted by atomic mass is 10.1. The Morgan fingerprint density at radius 2 is 2.12 bits per heavy atom. The van der Waals surface area contributed by atoms with Crippen LogP contribution >= 0.6 is 0 Å². The molecule has 2 aliphatic rings. The number of rotatable bonds is 3. The zero-order valence-corrected chi connectivity index (χ0v) is 14.4. The number of amides is 1. The van der Waals surface area contributed by atoms with Gasteiger partial charge in [-0.25, -0.2) is 14.5 Å². The quantitative estimate of drug-likeness (QED) is 0.892. The molecule has 0 spiro atoms. The first-order valence-electron chi connectivity index (χ1n) is 8.38. The Morgan fingerprint density at radius 3 is 2.80 bits per heavy atom. The zero-order valence-electron chi connectivity index (χ0n) is 14.4. The van der Waals surface area contributed by atoms with Crippen molar-refractivity contribution in [2.75, 3.05) is 0 Å². The molecule has 0 radical (unpaired) electrons. The van der Waals surface area contributed by atoms with Crippen molar-refractivity contribution in [3.05, 3.63) is 40.8 Å². The summed E-state index contributed by atoms with van der Waals surface area (Å²) in [6, 6.07) is 3.31. The maximum Gasteiger partial charge on any atom is 0.356 e. The zero-order chi connectivity index (χ0) is 17.9. The molecule has 2 atom stereocenters. The minimum atomic E-state index is -1.02. The lowest BCUT2D eigenvalue weighted by molar-refractivity contribution is 0.0688. The Bertz CT molecular complexity index is 894. The van der Waals surface area contributed by atoms with Crippen molar-refractivity contribution in [3.8, 4) is 5.82 Å². The highest BCUT2D eigenvalue weighted by atomic mass is 16.4. The molecule has 2 heterocycles. The second kappa shape index (κ2) is 5.15. The van der Waals surface area contributed by atoms with E-state index in [4.69, 9.17) is 0 Å². The molecule has 0 saturated heterocycles. The average molecular weight is 340 g/mol. The number of carbonyl (C=O) groups excluding carboxylic acids is 1. The number of carboxylic acids is 1. The standard InChI is InChI=1S/C18H20N4O3/c1-18(2,3)20-16(23)9-4-5-19-13(8-9)22-15-11-6-10(11)7-12(15)14(21-22)17(24)25/h4-5,8,10-11H,6-7H2,1-3H3,(H,20,23)(H,24,25)/t10-,11-/m1/s1. The lowest BCUT2D eigenvalue weighted by Gasteiger charge is -2.20. The molecule has 0 aliphatic heterocycles. The van der Waals surface area contributed by atoms with E-state index in [1.165, 1.54) is 0 Å². The van der Waals surface area contributed by atoms with Gasteiger partial charge in [0.2, 0.25) is 0 Å². The number of pyridine rings is 1. The molecule has 2 N–H and O–H groups in total. The van der Waals surface area contributed by atoms with E-state index < -0.39 is 5.97 Å². The van der Waals surface area contributed by atoms with Crippen LogP contribution in [0, 0.1) is 5.92 Å². The van der Waals surface area contributed by atoms with Gasteiger partial charge in [-0.15, -0.1) is 0 Å². The number of aromatic carboxylic acids is 1. The molecule has 7 heteroatoms. The summed E-state index contributed by atoms with van der Waals surface area (Å²) in [4.78, 5) is 28.2. The summed E-state index contributed by atoms with van der Waals surface area (Å²) in [6.45, 7) is 5.75. The molecule has 1 saturated carbocycles. The number of hydrogen-bond acceptors (Lipinski definition) is 4. The summed E-state index contributed by atoms with van der Waals surface area (Å²) in [5.41, 5.74) is 2.01. The summed E-state index contributed by atoms with van der Waals surface area (Å²) < 4.78 is 1.62. The molecule has 25 heavy (non-hydrogen) atoms. The predicted octanol–water partition coefficient (Wildman–Crippen LogP) is 2.15. The number of fused-ring (bicyclic) bond motifs is 3. The van der Waals surface area contributed by atoms with Crippen LogP contribution in [0.25, 0.3) is 5.82 Å².